The Bertz CT molecular complexity index is 594. The molecular formula is C20H37N5O5. The lowest BCUT2D eigenvalue weighted by molar-refractivity contribution is -0.143. The summed E-state index contributed by atoms with van der Waals surface area (Å²) in [7, 11) is 0. The highest BCUT2D eigenvalue weighted by Crippen LogP contribution is 2.10. The van der Waals surface area contributed by atoms with Gasteiger partial charge in [-0.1, -0.05) is 20.3 Å². The van der Waals surface area contributed by atoms with Crippen LogP contribution in [-0.2, 0) is 19.2 Å². The summed E-state index contributed by atoms with van der Waals surface area (Å²) in [6.07, 6.45) is 3.74. The van der Waals surface area contributed by atoms with Gasteiger partial charge in [0.1, 0.15) is 18.1 Å². The van der Waals surface area contributed by atoms with Gasteiger partial charge in [0.25, 0.3) is 0 Å². The third-order valence-electron chi connectivity index (χ3n) is 5.48. The van der Waals surface area contributed by atoms with Crippen molar-refractivity contribution in [3.05, 3.63) is 0 Å². The molecule has 1 fully saturated rings. The predicted molar refractivity (Wildman–Crippen MR) is 112 cm³/mol. The molecule has 7 N–H and O–H groups in total. The van der Waals surface area contributed by atoms with Gasteiger partial charge < -0.3 is 32.1 Å². The van der Waals surface area contributed by atoms with Gasteiger partial charge >= 0.3 is 5.97 Å². The van der Waals surface area contributed by atoms with Crippen LogP contribution in [0.1, 0.15) is 59.3 Å². The van der Waals surface area contributed by atoms with Crippen LogP contribution in [-0.4, -0.2) is 66.1 Å². The standard InChI is InChI=1S/C20H37N5O5/c1-4-12(2)16(19(28)24-15(20(29)30)8-5-6-10-21)25-17(26)13(3)23-18(27)14-9-7-11-22-14/h12-16,22H,4-11,21H2,1-3H3,(H,23,27)(H,24,28)(H,25,26)(H,29,30)/t12-,13-,14-,15-,16-/m0/s1. The SMILES string of the molecule is CC[C@H](C)[C@H](NC(=O)[C@H](C)NC(=O)[C@@H]1CCCN1)C(=O)N[C@@H](CCCCN)C(=O)O. The second kappa shape index (κ2) is 13.2. The highest BCUT2D eigenvalue weighted by Gasteiger charge is 2.32. The van der Waals surface area contributed by atoms with Gasteiger partial charge in [0.05, 0.1) is 6.04 Å². The van der Waals surface area contributed by atoms with Crippen molar-refractivity contribution in [3.8, 4) is 0 Å². The molecule has 0 aromatic rings. The van der Waals surface area contributed by atoms with Crippen molar-refractivity contribution in [2.45, 2.75) is 83.5 Å². The number of carboxylic acids is 1. The molecule has 0 radical (unpaired) electrons. The number of hydrogen-bond acceptors (Lipinski definition) is 6. The van der Waals surface area contributed by atoms with E-state index < -0.39 is 35.9 Å². The molecule has 1 rings (SSSR count). The number of carboxylic acid groups (broad SMARTS) is 1. The number of nitrogens with two attached hydrogens (primary N) is 1. The summed E-state index contributed by atoms with van der Waals surface area (Å²) >= 11 is 0. The molecule has 5 atom stereocenters. The Morgan fingerprint density at radius 1 is 1.10 bits per heavy atom. The number of hydrogen-bond donors (Lipinski definition) is 6. The number of carbonyl (C=O) groups excluding carboxylic acids is 3. The van der Waals surface area contributed by atoms with Gasteiger partial charge in [0, 0.05) is 0 Å². The minimum atomic E-state index is -1.13. The molecular weight excluding hydrogens is 390 g/mol. The van der Waals surface area contributed by atoms with Gasteiger partial charge in [0.15, 0.2) is 0 Å². The first-order valence-electron chi connectivity index (χ1n) is 10.8. The van der Waals surface area contributed by atoms with Crippen LogP contribution in [0.2, 0.25) is 0 Å². The third-order valence-corrected chi connectivity index (χ3v) is 5.48. The van der Waals surface area contributed by atoms with E-state index in [4.69, 9.17) is 5.73 Å². The zero-order valence-electron chi connectivity index (χ0n) is 18.2. The summed E-state index contributed by atoms with van der Waals surface area (Å²) in [5.41, 5.74) is 5.44. The van der Waals surface area contributed by atoms with E-state index in [0.717, 1.165) is 19.4 Å². The van der Waals surface area contributed by atoms with Crippen molar-refractivity contribution in [2.75, 3.05) is 13.1 Å². The van der Waals surface area contributed by atoms with Gasteiger partial charge in [-0.25, -0.2) is 4.79 Å². The molecule has 0 bridgehead atoms. The van der Waals surface area contributed by atoms with Gasteiger partial charge in [-0.3, -0.25) is 14.4 Å². The molecule has 0 unspecified atom stereocenters. The Balaban J connectivity index is 2.72. The van der Waals surface area contributed by atoms with E-state index in [1.807, 2.05) is 6.92 Å². The zero-order chi connectivity index (χ0) is 22.7. The van der Waals surface area contributed by atoms with Crippen LogP contribution in [0.5, 0.6) is 0 Å². The van der Waals surface area contributed by atoms with Crippen LogP contribution < -0.4 is 27.0 Å². The molecule has 3 amide bonds. The first-order valence-corrected chi connectivity index (χ1v) is 10.8. The van der Waals surface area contributed by atoms with Crippen molar-refractivity contribution in [2.24, 2.45) is 11.7 Å². The van der Waals surface area contributed by atoms with Crippen molar-refractivity contribution in [1.29, 1.82) is 0 Å². The first-order chi connectivity index (χ1) is 14.2. The lowest BCUT2D eigenvalue weighted by Gasteiger charge is -2.27. The summed E-state index contributed by atoms with van der Waals surface area (Å²) in [6, 6.07) is -3.07. The van der Waals surface area contributed by atoms with E-state index in [0.29, 0.717) is 25.8 Å². The molecule has 0 aromatic carbocycles. The van der Waals surface area contributed by atoms with Crippen molar-refractivity contribution in [1.82, 2.24) is 21.3 Å². The number of carbonyl (C=O) groups is 4. The molecule has 1 heterocycles. The average molecular weight is 428 g/mol. The Kier molecular flexibility index (Phi) is 11.3. The smallest absolute Gasteiger partial charge is 0.326 e. The fourth-order valence-corrected chi connectivity index (χ4v) is 3.28. The zero-order valence-corrected chi connectivity index (χ0v) is 18.2. The Labute approximate surface area is 178 Å². The van der Waals surface area contributed by atoms with Gasteiger partial charge in [-0.05, 0) is 58.0 Å². The monoisotopic (exact) mass is 427 g/mol. The first kappa shape index (κ1) is 25.8. The number of amides is 3. The quantitative estimate of drug-likeness (QED) is 0.215. The van der Waals surface area contributed by atoms with E-state index in [1.54, 1.807) is 13.8 Å². The fraction of sp³-hybridized carbons (Fsp3) is 0.800. The average Bonchev–Trinajstić information content (AvgIpc) is 3.25. The van der Waals surface area contributed by atoms with E-state index in [2.05, 4.69) is 21.3 Å². The maximum absolute atomic E-state index is 12.8. The lowest BCUT2D eigenvalue weighted by Crippen LogP contribution is -2.58. The highest BCUT2D eigenvalue weighted by molar-refractivity contribution is 5.94. The van der Waals surface area contributed by atoms with Crippen molar-refractivity contribution >= 4 is 23.7 Å². The second-order valence-electron chi connectivity index (χ2n) is 7.93. The number of rotatable bonds is 13. The molecule has 30 heavy (non-hydrogen) atoms. The molecule has 1 saturated heterocycles. The summed E-state index contributed by atoms with van der Waals surface area (Å²) in [4.78, 5) is 49.1. The molecule has 0 saturated carbocycles. The largest absolute Gasteiger partial charge is 0.480 e. The highest BCUT2D eigenvalue weighted by atomic mass is 16.4. The lowest BCUT2D eigenvalue weighted by atomic mass is 9.97. The summed E-state index contributed by atoms with van der Waals surface area (Å²) in [5, 5.41) is 20.3. The van der Waals surface area contributed by atoms with E-state index in [9.17, 15) is 24.3 Å². The van der Waals surface area contributed by atoms with Gasteiger partial charge in [-0.15, -0.1) is 0 Å². The molecule has 10 heteroatoms. The summed E-state index contributed by atoms with van der Waals surface area (Å²) < 4.78 is 0. The van der Waals surface area contributed by atoms with E-state index in [-0.39, 0.29) is 24.3 Å². The van der Waals surface area contributed by atoms with Crippen molar-refractivity contribution in [3.63, 3.8) is 0 Å². The van der Waals surface area contributed by atoms with Crippen LogP contribution in [0, 0.1) is 5.92 Å². The minimum absolute atomic E-state index is 0.216. The molecule has 0 spiro atoms. The predicted octanol–water partition coefficient (Wildman–Crippen LogP) is -0.528. The number of aliphatic carboxylic acids is 1. The van der Waals surface area contributed by atoms with Crippen LogP contribution in [0.3, 0.4) is 0 Å². The van der Waals surface area contributed by atoms with Crippen LogP contribution in [0.15, 0.2) is 0 Å². The maximum atomic E-state index is 12.8. The summed E-state index contributed by atoms with van der Waals surface area (Å²) in [6.45, 7) is 6.46. The van der Waals surface area contributed by atoms with Gasteiger partial charge in [0.2, 0.25) is 17.7 Å². The minimum Gasteiger partial charge on any atom is -0.480 e. The topological polar surface area (TPSA) is 163 Å². The van der Waals surface area contributed by atoms with Crippen LogP contribution in [0.4, 0.5) is 0 Å². The fourth-order valence-electron chi connectivity index (χ4n) is 3.28. The Morgan fingerprint density at radius 2 is 1.80 bits per heavy atom. The van der Waals surface area contributed by atoms with Crippen LogP contribution in [0.25, 0.3) is 0 Å². The Hall–Kier alpha value is -2.20. The number of unbranched alkanes of at least 4 members (excludes halogenated alkanes) is 1. The molecule has 0 aliphatic carbocycles. The number of nitrogens with one attached hydrogen (secondary N) is 4. The van der Waals surface area contributed by atoms with E-state index >= 15 is 0 Å². The molecule has 10 nitrogen and oxygen atoms in total. The molecule has 0 aromatic heterocycles. The van der Waals surface area contributed by atoms with Crippen molar-refractivity contribution < 1.29 is 24.3 Å². The third kappa shape index (κ3) is 8.27. The Morgan fingerprint density at radius 3 is 2.33 bits per heavy atom. The molecule has 172 valence electrons. The maximum Gasteiger partial charge on any atom is 0.326 e. The normalized spacial score (nSPS) is 19.9. The summed E-state index contributed by atoms with van der Waals surface area (Å²) in [5.74, 6) is -2.62. The molecule has 1 aliphatic rings. The van der Waals surface area contributed by atoms with Gasteiger partial charge in [-0.2, -0.15) is 0 Å². The van der Waals surface area contributed by atoms with E-state index in [1.165, 1.54) is 0 Å². The van der Waals surface area contributed by atoms with Crippen LogP contribution >= 0.6 is 0 Å². The molecule has 1 aliphatic heterocycles. The second-order valence-corrected chi connectivity index (χ2v) is 7.93.